The van der Waals surface area contributed by atoms with Crippen molar-refractivity contribution >= 4 is 17.9 Å². The Hall–Kier alpha value is -3.23. The van der Waals surface area contributed by atoms with Crippen LogP contribution in [0.2, 0.25) is 0 Å². The molecule has 0 saturated carbocycles. The molecule has 2 aromatic carbocycles. The number of carbonyl (C=O) groups is 3. The average molecular weight is 400 g/mol. The highest BCUT2D eigenvalue weighted by atomic mass is 16.7. The molecule has 1 saturated heterocycles. The summed E-state index contributed by atoms with van der Waals surface area (Å²) in [4.78, 5) is 35.8. The molecule has 1 fully saturated rings. The van der Waals surface area contributed by atoms with Crippen molar-refractivity contribution in [3.05, 3.63) is 71.8 Å². The number of rotatable bonds is 6. The smallest absolute Gasteiger partial charge is 0.338 e. The number of ether oxygens (including phenoxy) is 4. The molecule has 0 spiro atoms. The predicted octanol–water partition coefficient (Wildman–Crippen LogP) is 1.72. The van der Waals surface area contributed by atoms with E-state index in [1.165, 1.54) is 0 Å². The number of carbonyl (C=O) groups excluding carboxylic acids is 3. The Kier molecular flexibility index (Phi) is 6.58. The summed E-state index contributed by atoms with van der Waals surface area (Å²) in [7, 11) is 0. The van der Waals surface area contributed by atoms with Crippen molar-refractivity contribution in [1.82, 2.24) is 0 Å². The van der Waals surface area contributed by atoms with Gasteiger partial charge >= 0.3 is 17.9 Å². The fourth-order valence-electron chi connectivity index (χ4n) is 2.83. The Morgan fingerprint density at radius 2 is 1.45 bits per heavy atom. The lowest BCUT2D eigenvalue weighted by molar-refractivity contribution is -0.187. The second-order valence-electron chi connectivity index (χ2n) is 6.34. The largest absolute Gasteiger partial charge is 0.459 e. The fraction of sp³-hybridized carbons (Fsp3) is 0.286. The number of benzene rings is 2. The third kappa shape index (κ3) is 5.18. The van der Waals surface area contributed by atoms with E-state index < -0.39 is 42.5 Å². The maximum Gasteiger partial charge on any atom is 0.338 e. The van der Waals surface area contributed by atoms with Gasteiger partial charge in [-0.3, -0.25) is 4.79 Å². The zero-order valence-electron chi connectivity index (χ0n) is 15.6. The van der Waals surface area contributed by atoms with Crippen molar-refractivity contribution < 1.29 is 38.4 Å². The van der Waals surface area contributed by atoms with Crippen molar-refractivity contribution in [2.24, 2.45) is 0 Å². The molecule has 3 rings (SSSR count). The third-order valence-corrected chi connectivity index (χ3v) is 4.21. The van der Waals surface area contributed by atoms with Crippen LogP contribution in [0.1, 0.15) is 27.6 Å². The molecule has 0 aliphatic carbocycles. The van der Waals surface area contributed by atoms with Crippen molar-refractivity contribution in [3.63, 3.8) is 0 Å². The van der Waals surface area contributed by atoms with Gasteiger partial charge in [0, 0.05) is 6.92 Å². The van der Waals surface area contributed by atoms with Crippen LogP contribution < -0.4 is 0 Å². The lowest BCUT2D eigenvalue weighted by Gasteiger charge is -2.20. The molecule has 0 aromatic heterocycles. The van der Waals surface area contributed by atoms with Crippen LogP contribution in [0.25, 0.3) is 0 Å². The zero-order valence-corrected chi connectivity index (χ0v) is 15.6. The first-order valence-electron chi connectivity index (χ1n) is 8.94. The summed E-state index contributed by atoms with van der Waals surface area (Å²) in [6.07, 6.45) is -5.00. The normalized spacial score (nSPS) is 23.2. The van der Waals surface area contributed by atoms with Crippen LogP contribution in [0.3, 0.4) is 0 Å². The topological polar surface area (TPSA) is 108 Å². The molecular weight excluding hydrogens is 380 g/mol. The summed E-state index contributed by atoms with van der Waals surface area (Å²) in [5.74, 6) is -1.97. The first-order valence-corrected chi connectivity index (χ1v) is 8.94. The van der Waals surface area contributed by atoms with Gasteiger partial charge in [-0.1, -0.05) is 36.4 Å². The van der Waals surface area contributed by atoms with E-state index in [9.17, 15) is 19.5 Å². The van der Waals surface area contributed by atoms with Gasteiger partial charge in [0.2, 0.25) is 6.29 Å². The Morgan fingerprint density at radius 1 is 0.897 bits per heavy atom. The van der Waals surface area contributed by atoms with Gasteiger partial charge in [-0.05, 0) is 24.3 Å². The summed E-state index contributed by atoms with van der Waals surface area (Å²) < 4.78 is 21.0. The van der Waals surface area contributed by atoms with Crippen LogP contribution in [-0.2, 0) is 23.7 Å². The van der Waals surface area contributed by atoms with Gasteiger partial charge in [0.25, 0.3) is 0 Å². The minimum atomic E-state index is -1.44. The molecule has 2 aromatic rings. The van der Waals surface area contributed by atoms with Gasteiger partial charge in [0.05, 0.1) is 11.1 Å². The third-order valence-electron chi connectivity index (χ3n) is 4.21. The summed E-state index contributed by atoms with van der Waals surface area (Å²) in [5.41, 5.74) is 0.607. The SMILES string of the molecule is CC(=O)OC1O[C@H](COC(=O)c2ccccc2)[C@@H](OC(=O)c2ccccc2)[C@H]1O. The number of hydrogen-bond donors (Lipinski definition) is 1. The maximum absolute atomic E-state index is 12.4. The Balaban J connectivity index is 1.70. The van der Waals surface area contributed by atoms with Gasteiger partial charge in [0.1, 0.15) is 12.7 Å². The van der Waals surface area contributed by atoms with E-state index in [1.54, 1.807) is 60.7 Å². The minimum Gasteiger partial charge on any atom is -0.459 e. The van der Waals surface area contributed by atoms with Crippen LogP contribution >= 0.6 is 0 Å². The van der Waals surface area contributed by atoms with Crippen LogP contribution in [0, 0.1) is 0 Å². The fourth-order valence-corrected chi connectivity index (χ4v) is 2.83. The van der Waals surface area contributed by atoms with Gasteiger partial charge in [-0.25, -0.2) is 9.59 Å². The van der Waals surface area contributed by atoms with E-state index in [-0.39, 0.29) is 12.2 Å². The van der Waals surface area contributed by atoms with E-state index in [0.717, 1.165) is 6.92 Å². The molecule has 1 aliphatic rings. The Morgan fingerprint density at radius 3 is 2.00 bits per heavy atom. The highest BCUT2D eigenvalue weighted by molar-refractivity contribution is 5.90. The molecule has 4 atom stereocenters. The standard InChI is InChI=1S/C21H20O8/c1-13(22)27-21-17(23)18(29-20(25)15-10-6-3-7-11-15)16(28-21)12-26-19(24)14-8-4-2-5-9-14/h2-11,16-18,21,23H,12H2,1H3/t16-,17-,18-,21?/m1/s1. The molecule has 1 heterocycles. The number of aliphatic hydroxyl groups excluding tert-OH is 1. The molecule has 0 amide bonds. The first kappa shape index (κ1) is 20.5. The molecule has 1 N–H and O–H groups in total. The Bertz CT molecular complexity index is 851. The predicted molar refractivity (Wildman–Crippen MR) is 98.8 cm³/mol. The summed E-state index contributed by atoms with van der Waals surface area (Å²) in [6, 6.07) is 16.5. The lowest BCUT2D eigenvalue weighted by Crippen LogP contribution is -2.39. The second kappa shape index (κ2) is 9.31. The first-order chi connectivity index (χ1) is 14.0. The number of esters is 3. The second-order valence-corrected chi connectivity index (χ2v) is 6.34. The molecule has 152 valence electrons. The van der Waals surface area contributed by atoms with E-state index in [4.69, 9.17) is 18.9 Å². The van der Waals surface area contributed by atoms with E-state index in [2.05, 4.69) is 0 Å². The summed E-state index contributed by atoms with van der Waals surface area (Å²) in [6.45, 7) is 0.846. The molecule has 0 bridgehead atoms. The van der Waals surface area contributed by atoms with E-state index in [1.807, 2.05) is 0 Å². The molecule has 1 unspecified atom stereocenters. The maximum atomic E-state index is 12.4. The highest BCUT2D eigenvalue weighted by Crippen LogP contribution is 2.26. The van der Waals surface area contributed by atoms with Crippen molar-refractivity contribution in [1.29, 1.82) is 0 Å². The van der Waals surface area contributed by atoms with Crippen LogP contribution in [0.5, 0.6) is 0 Å². The van der Waals surface area contributed by atoms with Gasteiger partial charge in [-0.2, -0.15) is 0 Å². The molecular formula is C21H20O8. The minimum absolute atomic E-state index is 0.274. The van der Waals surface area contributed by atoms with Gasteiger partial charge in [-0.15, -0.1) is 0 Å². The molecule has 8 nitrogen and oxygen atoms in total. The lowest BCUT2D eigenvalue weighted by atomic mass is 10.1. The van der Waals surface area contributed by atoms with Crippen molar-refractivity contribution in [3.8, 4) is 0 Å². The zero-order chi connectivity index (χ0) is 20.8. The van der Waals surface area contributed by atoms with Gasteiger partial charge < -0.3 is 24.1 Å². The quantitative estimate of drug-likeness (QED) is 0.577. The number of hydrogen-bond acceptors (Lipinski definition) is 8. The average Bonchev–Trinajstić information content (AvgIpc) is 3.01. The molecule has 29 heavy (non-hydrogen) atoms. The van der Waals surface area contributed by atoms with E-state index in [0.29, 0.717) is 5.56 Å². The van der Waals surface area contributed by atoms with E-state index >= 15 is 0 Å². The monoisotopic (exact) mass is 400 g/mol. The van der Waals surface area contributed by atoms with Crippen molar-refractivity contribution in [2.75, 3.05) is 6.61 Å². The summed E-state index contributed by atoms with van der Waals surface area (Å²) >= 11 is 0. The van der Waals surface area contributed by atoms with Crippen molar-refractivity contribution in [2.45, 2.75) is 31.5 Å². The molecule has 8 heteroatoms. The van der Waals surface area contributed by atoms with Crippen LogP contribution in [0.15, 0.2) is 60.7 Å². The number of aliphatic hydroxyl groups is 1. The molecule has 1 aliphatic heterocycles. The summed E-state index contributed by atoms with van der Waals surface area (Å²) in [5, 5.41) is 10.4. The van der Waals surface area contributed by atoms with Crippen LogP contribution in [0.4, 0.5) is 0 Å². The molecule has 0 radical (unpaired) electrons. The Labute approximate surface area is 167 Å². The highest BCUT2D eigenvalue weighted by Gasteiger charge is 2.48. The van der Waals surface area contributed by atoms with Crippen LogP contribution in [-0.4, -0.2) is 54.2 Å². The van der Waals surface area contributed by atoms with Gasteiger partial charge in [0.15, 0.2) is 12.2 Å².